The van der Waals surface area contributed by atoms with E-state index in [0.717, 1.165) is 5.76 Å². The molecule has 0 aromatic carbocycles. The maximum absolute atomic E-state index is 5.89. The molecule has 0 atom stereocenters. The Bertz CT molecular complexity index is 656. The van der Waals surface area contributed by atoms with Crippen LogP contribution in [-0.4, -0.2) is 24.7 Å². The topological polar surface area (TPSA) is 69.6 Å². The summed E-state index contributed by atoms with van der Waals surface area (Å²) in [6.45, 7) is 0. The van der Waals surface area contributed by atoms with Gasteiger partial charge in [-0.3, -0.25) is 0 Å². The van der Waals surface area contributed by atoms with Gasteiger partial charge in [0.2, 0.25) is 5.28 Å². The largest absolute Gasteiger partial charge is 0.468 e. The van der Waals surface area contributed by atoms with E-state index in [1.54, 1.807) is 24.7 Å². The van der Waals surface area contributed by atoms with E-state index in [2.05, 4.69) is 20.1 Å². The van der Waals surface area contributed by atoms with Gasteiger partial charge < -0.3 is 4.42 Å². The third-order valence-corrected chi connectivity index (χ3v) is 3.25. The van der Waals surface area contributed by atoms with E-state index in [9.17, 15) is 0 Å². The molecule has 3 aromatic rings. The predicted octanol–water partition coefficient (Wildman–Crippen LogP) is 2.60. The zero-order valence-corrected chi connectivity index (χ0v) is 11.2. The monoisotopic (exact) mass is 293 g/mol. The van der Waals surface area contributed by atoms with Gasteiger partial charge in [0.25, 0.3) is 5.95 Å². The summed E-state index contributed by atoms with van der Waals surface area (Å²) >= 11 is 7.31. The molecule has 0 unspecified atom stereocenters. The fourth-order valence-corrected chi connectivity index (χ4v) is 2.35. The van der Waals surface area contributed by atoms with Gasteiger partial charge in [-0.05, 0) is 29.8 Å². The molecule has 0 radical (unpaired) electrons. The van der Waals surface area contributed by atoms with Crippen molar-refractivity contribution in [3.63, 3.8) is 0 Å². The van der Waals surface area contributed by atoms with Gasteiger partial charge in [-0.25, -0.2) is 4.68 Å². The zero-order chi connectivity index (χ0) is 13.1. The van der Waals surface area contributed by atoms with Crippen LogP contribution < -0.4 is 0 Å². The van der Waals surface area contributed by atoms with Crippen LogP contribution in [0, 0.1) is 0 Å². The second kappa shape index (κ2) is 5.41. The lowest BCUT2D eigenvalue weighted by atomic mass is 10.5. The average molecular weight is 294 g/mol. The number of aromatic nitrogens is 5. The van der Waals surface area contributed by atoms with E-state index in [0.29, 0.717) is 16.9 Å². The van der Waals surface area contributed by atoms with E-state index >= 15 is 0 Å². The van der Waals surface area contributed by atoms with Gasteiger partial charge in [0.1, 0.15) is 5.76 Å². The Hall–Kier alpha value is -1.86. The number of nitrogens with zero attached hydrogens (tertiary/aromatic N) is 5. The summed E-state index contributed by atoms with van der Waals surface area (Å²) in [5.41, 5.74) is 0. The SMILES string of the molecule is Clc1nc(SCc2ccco2)nc(-n2cccn2)n1. The van der Waals surface area contributed by atoms with Crippen LogP contribution in [0.3, 0.4) is 0 Å². The zero-order valence-electron chi connectivity index (χ0n) is 9.60. The summed E-state index contributed by atoms with van der Waals surface area (Å²) in [5, 5.41) is 4.73. The highest BCUT2D eigenvalue weighted by Gasteiger charge is 2.08. The summed E-state index contributed by atoms with van der Waals surface area (Å²) in [6.07, 6.45) is 5.02. The number of rotatable bonds is 4. The Balaban J connectivity index is 1.82. The molecule has 0 bridgehead atoms. The predicted molar refractivity (Wildman–Crippen MR) is 70.2 cm³/mol. The van der Waals surface area contributed by atoms with Crippen molar-refractivity contribution in [3.8, 4) is 5.95 Å². The van der Waals surface area contributed by atoms with Gasteiger partial charge in [-0.2, -0.15) is 20.1 Å². The molecule has 0 saturated heterocycles. The lowest BCUT2D eigenvalue weighted by molar-refractivity contribution is 0.530. The van der Waals surface area contributed by atoms with Crippen LogP contribution >= 0.6 is 23.4 Å². The highest BCUT2D eigenvalue weighted by Crippen LogP contribution is 2.21. The fourth-order valence-electron chi connectivity index (χ4n) is 1.41. The first-order valence-corrected chi connectivity index (χ1v) is 6.74. The van der Waals surface area contributed by atoms with Gasteiger partial charge in [-0.1, -0.05) is 11.8 Å². The van der Waals surface area contributed by atoms with Crippen molar-refractivity contribution < 1.29 is 4.42 Å². The van der Waals surface area contributed by atoms with Crippen LogP contribution in [0.1, 0.15) is 5.76 Å². The first kappa shape index (κ1) is 12.2. The molecule has 0 aliphatic heterocycles. The number of hydrogen-bond donors (Lipinski definition) is 0. The maximum atomic E-state index is 5.89. The second-order valence-electron chi connectivity index (χ2n) is 3.51. The molecular formula is C11H8ClN5OS. The molecule has 3 heterocycles. The Morgan fingerprint density at radius 2 is 2.21 bits per heavy atom. The minimum Gasteiger partial charge on any atom is -0.468 e. The van der Waals surface area contributed by atoms with Crippen LogP contribution in [-0.2, 0) is 5.75 Å². The summed E-state index contributed by atoms with van der Waals surface area (Å²) in [4.78, 5) is 12.4. The van der Waals surface area contributed by atoms with Crippen molar-refractivity contribution in [1.29, 1.82) is 0 Å². The highest BCUT2D eigenvalue weighted by molar-refractivity contribution is 7.98. The molecular weight excluding hydrogens is 286 g/mol. The van der Waals surface area contributed by atoms with E-state index in [1.165, 1.54) is 16.4 Å². The Morgan fingerprint density at radius 3 is 2.95 bits per heavy atom. The van der Waals surface area contributed by atoms with Crippen molar-refractivity contribution in [1.82, 2.24) is 24.7 Å². The van der Waals surface area contributed by atoms with Crippen molar-refractivity contribution in [2.45, 2.75) is 10.9 Å². The van der Waals surface area contributed by atoms with E-state index < -0.39 is 0 Å². The summed E-state index contributed by atoms with van der Waals surface area (Å²) in [6, 6.07) is 5.52. The van der Waals surface area contributed by atoms with Gasteiger partial charge >= 0.3 is 0 Å². The lowest BCUT2D eigenvalue weighted by Crippen LogP contribution is -2.04. The molecule has 0 amide bonds. The molecule has 6 nitrogen and oxygen atoms in total. The van der Waals surface area contributed by atoms with Crippen molar-refractivity contribution in [2.75, 3.05) is 0 Å². The standard InChI is InChI=1S/C11H8ClN5OS/c12-9-14-10(17-5-2-4-13-17)16-11(15-9)19-7-8-3-1-6-18-8/h1-6H,7H2. The van der Waals surface area contributed by atoms with E-state index in [-0.39, 0.29) is 5.28 Å². The summed E-state index contributed by atoms with van der Waals surface area (Å²) in [7, 11) is 0. The van der Waals surface area contributed by atoms with Gasteiger partial charge in [-0.15, -0.1) is 0 Å². The van der Waals surface area contributed by atoms with E-state index in [4.69, 9.17) is 16.0 Å². The molecule has 0 fully saturated rings. The van der Waals surface area contributed by atoms with Crippen molar-refractivity contribution in [2.24, 2.45) is 0 Å². The first-order chi connectivity index (χ1) is 9.31. The Kier molecular flexibility index (Phi) is 3.47. The Labute approximate surface area is 117 Å². The smallest absolute Gasteiger partial charge is 0.255 e. The molecule has 0 spiro atoms. The summed E-state index contributed by atoms with van der Waals surface area (Å²) < 4.78 is 6.78. The number of halogens is 1. The molecule has 0 aliphatic rings. The van der Waals surface area contributed by atoms with Gasteiger partial charge in [0, 0.05) is 12.4 Å². The molecule has 3 rings (SSSR count). The van der Waals surface area contributed by atoms with Gasteiger partial charge in [0.05, 0.1) is 12.0 Å². The van der Waals surface area contributed by atoms with E-state index in [1.807, 2.05) is 12.1 Å². The van der Waals surface area contributed by atoms with Crippen LogP contribution in [0.25, 0.3) is 5.95 Å². The van der Waals surface area contributed by atoms with Crippen LogP contribution in [0.4, 0.5) is 0 Å². The van der Waals surface area contributed by atoms with Crippen molar-refractivity contribution >= 4 is 23.4 Å². The van der Waals surface area contributed by atoms with Crippen molar-refractivity contribution in [3.05, 3.63) is 47.9 Å². The third kappa shape index (κ3) is 2.94. The van der Waals surface area contributed by atoms with Crippen LogP contribution in [0.2, 0.25) is 5.28 Å². The number of furan rings is 1. The fraction of sp³-hybridized carbons (Fsp3) is 0.0909. The first-order valence-electron chi connectivity index (χ1n) is 5.38. The molecule has 3 aromatic heterocycles. The average Bonchev–Trinajstić information content (AvgIpc) is 3.09. The highest BCUT2D eigenvalue weighted by atomic mass is 35.5. The molecule has 19 heavy (non-hydrogen) atoms. The molecule has 0 saturated carbocycles. The lowest BCUT2D eigenvalue weighted by Gasteiger charge is -2.02. The molecule has 96 valence electrons. The van der Waals surface area contributed by atoms with Crippen LogP contribution in [0.15, 0.2) is 46.4 Å². The third-order valence-electron chi connectivity index (χ3n) is 2.21. The maximum Gasteiger partial charge on any atom is 0.255 e. The summed E-state index contributed by atoms with van der Waals surface area (Å²) in [5.74, 6) is 1.88. The minimum absolute atomic E-state index is 0.141. The van der Waals surface area contributed by atoms with Gasteiger partial charge in [0.15, 0.2) is 5.16 Å². The number of hydrogen-bond acceptors (Lipinski definition) is 6. The molecule has 8 heteroatoms. The quantitative estimate of drug-likeness (QED) is 0.689. The molecule has 0 aliphatic carbocycles. The Morgan fingerprint density at radius 1 is 1.26 bits per heavy atom. The molecule has 0 N–H and O–H groups in total. The second-order valence-corrected chi connectivity index (χ2v) is 4.79. The number of thioether (sulfide) groups is 1. The van der Waals surface area contributed by atoms with Crippen LogP contribution in [0.5, 0.6) is 0 Å². The minimum atomic E-state index is 0.141. The normalized spacial score (nSPS) is 10.8.